The van der Waals surface area contributed by atoms with Gasteiger partial charge >= 0.3 is 0 Å². The second kappa shape index (κ2) is 18.4. The predicted octanol–water partition coefficient (Wildman–Crippen LogP) is 8.59. The first-order valence-electron chi connectivity index (χ1n) is 11.7. The van der Waals surface area contributed by atoms with Crippen LogP contribution in [-0.2, 0) is 0 Å². The van der Waals surface area contributed by atoms with Gasteiger partial charge in [0.2, 0.25) is 0 Å². The normalized spacial score (nSPS) is 18.1. The molecule has 0 radical (unpaired) electrons. The first-order chi connectivity index (χ1) is 13.9. The molecule has 0 aromatic rings. The third-order valence-electron chi connectivity index (χ3n) is 5.43. The van der Waals surface area contributed by atoms with Gasteiger partial charge < -0.3 is 5.53 Å². The fraction of sp³-hybridized carbons (Fsp3) is 0.667. The molecule has 0 spiro atoms. The van der Waals surface area contributed by atoms with Gasteiger partial charge in [-0.05, 0) is 42.9 Å². The molecule has 1 saturated carbocycles. The summed E-state index contributed by atoms with van der Waals surface area (Å²) in [5.74, 6) is 3.44. The summed E-state index contributed by atoms with van der Waals surface area (Å²) in [4.78, 5) is 2.81. The van der Waals surface area contributed by atoms with Gasteiger partial charge in [0, 0.05) is 13.8 Å². The number of hydrogen-bond acceptors (Lipinski definition) is 0. The molecule has 0 atom stereocenters. The van der Waals surface area contributed by atoms with Gasteiger partial charge in [0.05, 0.1) is 0 Å². The van der Waals surface area contributed by atoms with E-state index >= 15 is 0 Å². The van der Waals surface area contributed by atoms with Crippen molar-refractivity contribution >= 4 is 5.71 Å². The van der Waals surface area contributed by atoms with Crippen molar-refractivity contribution in [2.45, 2.75) is 92.9 Å². The van der Waals surface area contributed by atoms with Crippen LogP contribution in [0.25, 0.3) is 5.53 Å². The predicted molar refractivity (Wildman–Crippen MR) is 130 cm³/mol. The van der Waals surface area contributed by atoms with Crippen molar-refractivity contribution in [2.75, 3.05) is 0 Å². The Morgan fingerprint density at radius 3 is 1.38 bits per heavy atom. The molecule has 1 fully saturated rings. The molecule has 0 aromatic heterocycles. The van der Waals surface area contributed by atoms with E-state index in [2.05, 4.69) is 81.1 Å². The summed E-state index contributed by atoms with van der Waals surface area (Å²) in [5.41, 5.74) is 8.42. The molecule has 3 aliphatic rings. The maximum atomic E-state index is 7.73. The van der Waals surface area contributed by atoms with Crippen LogP contribution in [0.2, 0.25) is 0 Å². The van der Waals surface area contributed by atoms with Crippen molar-refractivity contribution in [3.8, 4) is 0 Å². The molecule has 164 valence electrons. The molecule has 2 nitrogen and oxygen atoms in total. The van der Waals surface area contributed by atoms with Gasteiger partial charge in [0.25, 0.3) is 5.71 Å². The summed E-state index contributed by atoms with van der Waals surface area (Å²) in [6.45, 7) is 12.7. The SMILES string of the molecule is C1=CCC=CC1.CC(C)=[N+]=[N-].CC(C)C1C=CCC=C1.CC(C)C1CCCCC1. The molecular formula is C27H46N2. The quantitative estimate of drug-likeness (QED) is 0.193. The Hall–Kier alpha value is -1.66. The largest absolute Gasteiger partial charge is 0.362 e. The van der Waals surface area contributed by atoms with Crippen molar-refractivity contribution in [3.63, 3.8) is 0 Å². The molecule has 0 aromatic carbocycles. The van der Waals surface area contributed by atoms with Crippen molar-refractivity contribution in [1.82, 2.24) is 0 Å². The molecular weight excluding hydrogens is 352 g/mol. The highest BCUT2D eigenvalue weighted by Crippen LogP contribution is 2.29. The smallest absolute Gasteiger partial charge is 0.262 e. The van der Waals surface area contributed by atoms with Crippen molar-refractivity contribution in [1.29, 1.82) is 0 Å². The number of rotatable bonds is 2. The average Bonchev–Trinajstić information content (AvgIpc) is 2.77. The Balaban J connectivity index is 0.000000372. The minimum atomic E-state index is 0.685. The van der Waals surface area contributed by atoms with Gasteiger partial charge in [0.15, 0.2) is 0 Å². The average molecular weight is 399 g/mol. The lowest BCUT2D eigenvalue weighted by Crippen LogP contribution is -2.12. The highest BCUT2D eigenvalue weighted by molar-refractivity contribution is 5.72. The molecule has 3 aliphatic carbocycles. The van der Waals surface area contributed by atoms with E-state index in [-0.39, 0.29) is 0 Å². The molecule has 0 saturated heterocycles. The molecule has 0 N–H and O–H groups in total. The van der Waals surface area contributed by atoms with E-state index in [9.17, 15) is 0 Å². The van der Waals surface area contributed by atoms with E-state index in [1.807, 2.05) is 0 Å². The van der Waals surface area contributed by atoms with Crippen LogP contribution in [0.4, 0.5) is 0 Å². The summed E-state index contributed by atoms with van der Waals surface area (Å²) in [6.07, 6.45) is 28.7. The van der Waals surface area contributed by atoms with Crippen LogP contribution in [0.1, 0.15) is 92.9 Å². The molecule has 0 unspecified atom stereocenters. The summed E-state index contributed by atoms with van der Waals surface area (Å²) in [6, 6.07) is 0. The lowest BCUT2D eigenvalue weighted by molar-refractivity contribution is -0.00646. The second-order valence-corrected chi connectivity index (χ2v) is 9.02. The molecule has 29 heavy (non-hydrogen) atoms. The Bertz CT molecular complexity index is 515. The van der Waals surface area contributed by atoms with Gasteiger partial charge in [0.1, 0.15) is 0 Å². The topological polar surface area (TPSA) is 36.4 Å². The van der Waals surface area contributed by atoms with Crippen LogP contribution < -0.4 is 0 Å². The van der Waals surface area contributed by atoms with Crippen LogP contribution in [0, 0.1) is 23.7 Å². The molecule has 3 rings (SSSR count). The lowest BCUT2D eigenvalue weighted by atomic mass is 9.82. The van der Waals surface area contributed by atoms with Crippen molar-refractivity contribution in [2.24, 2.45) is 23.7 Å². The molecule has 2 heteroatoms. The second-order valence-electron chi connectivity index (χ2n) is 9.02. The minimum Gasteiger partial charge on any atom is -0.362 e. The zero-order valence-electron chi connectivity index (χ0n) is 20.0. The first-order valence-corrected chi connectivity index (χ1v) is 11.7. The van der Waals surface area contributed by atoms with Gasteiger partial charge in [-0.2, -0.15) is 4.79 Å². The third kappa shape index (κ3) is 17.0. The summed E-state index contributed by atoms with van der Waals surface area (Å²) in [5, 5.41) is 0. The van der Waals surface area contributed by atoms with E-state index in [1.54, 1.807) is 13.8 Å². The first kappa shape index (κ1) is 27.3. The zero-order valence-corrected chi connectivity index (χ0v) is 20.0. The molecule has 0 heterocycles. The van der Waals surface area contributed by atoms with Gasteiger partial charge in [-0.1, -0.05) is 108 Å². The Labute approximate surface area is 181 Å². The van der Waals surface area contributed by atoms with E-state index in [4.69, 9.17) is 5.53 Å². The van der Waals surface area contributed by atoms with E-state index < -0.39 is 0 Å². The maximum Gasteiger partial charge on any atom is 0.262 e. The molecule has 0 bridgehead atoms. The highest BCUT2D eigenvalue weighted by atomic mass is 14.8. The van der Waals surface area contributed by atoms with E-state index in [0.717, 1.165) is 37.0 Å². The summed E-state index contributed by atoms with van der Waals surface area (Å²) < 4.78 is 0. The van der Waals surface area contributed by atoms with E-state index in [1.165, 1.54) is 32.1 Å². The Morgan fingerprint density at radius 1 is 0.724 bits per heavy atom. The fourth-order valence-electron chi connectivity index (χ4n) is 3.40. The molecule has 0 aliphatic heterocycles. The van der Waals surface area contributed by atoms with Crippen LogP contribution in [0.5, 0.6) is 0 Å². The molecule has 0 amide bonds. The number of hydrogen-bond donors (Lipinski definition) is 0. The van der Waals surface area contributed by atoms with Crippen molar-refractivity contribution in [3.05, 3.63) is 54.1 Å². The maximum absolute atomic E-state index is 7.73. The summed E-state index contributed by atoms with van der Waals surface area (Å²) >= 11 is 0. The van der Waals surface area contributed by atoms with E-state index in [0.29, 0.717) is 11.6 Å². The number of nitrogens with zero attached hydrogens (tertiary/aromatic N) is 2. The van der Waals surface area contributed by atoms with Crippen LogP contribution in [0.3, 0.4) is 0 Å². The minimum absolute atomic E-state index is 0.685. The van der Waals surface area contributed by atoms with Crippen LogP contribution in [-0.4, -0.2) is 10.5 Å². The highest BCUT2D eigenvalue weighted by Gasteiger charge is 2.15. The van der Waals surface area contributed by atoms with Gasteiger partial charge in [-0.25, -0.2) is 0 Å². The zero-order chi connectivity index (χ0) is 21.9. The Morgan fingerprint density at radius 2 is 1.14 bits per heavy atom. The van der Waals surface area contributed by atoms with Crippen LogP contribution in [0.15, 0.2) is 48.6 Å². The number of allylic oxidation sites excluding steroid dienone is 8. The van der Waals surface area contributed by atoms with Crippen LogP contribution >= 0.6 is 0 Å². The Kier molecular flexibility index (Phi) is 17.3. The van der Waals surface area contributed by atoms with Gasteiger partial charge in [-0.3, -0.25) is 0 Å². The lowest BCUT2D eigenvalue weighted by Gasteiger charge is -2.24. The monoisotopic (exact) mass is 398 g/mol. The van der Waals surface area contributed by atoms with Crippen molar-refractivity contribution < 1.29 is 4.79 Å². The standard InChI is InChI=1S/C9H18.C9H14.C6H8.C3H6N2/c2*1-8(2)9-6-4-3-5-7-9;1-2-4-6-5-3-1;1-3(2)5-4/h8-9H,3-7H2,1-2H3;4-9H,3H2,1-2H3;1-2,5-6H,3-4H2;1-2H3. The summed E-state index contributed by atoms with van der Waals surface area (Å²) in [7, 11) is 0. The third-order valence-corrected chi connectivity index (χ3v) is 5.43. The van der Waals surface area contributed by atoms with Gasteiger partial charge in [-0.15, -0.1) is 0 Å². The fourth-order valence-corrected chi connectivity index (χ4v) is 3.40.